The summed E-state index contributed by atoms with van der Waals surface area (Å²) in [6.07, 6.45) is 3.10. The molecule has 2 amide bonds. The Balaban J connectivity index is 1.53. The van der Waals surface area contributed by atoms with Crippen molar-refractivity contribution in [2.24, 2.45) is 0 Å². The number of aromatic nitrogens is 6. The molecule has 2 aromatic heterocycles. The molecular weight excluding hydrogens is 388 g/mol. The summed E-state index contributed by atoms with van der Waals surface area (Å²) in [6.45, 7) is 1.89. The molecule has 0 saturated heterocycles. The van der Waals surface area contributed by atoms with Crippen molar-refractivity contribution in [3.05, 3.63) is 36.2 Å². The van der Waals surface area contributed by atoms with E-state index in [1.54, 1.807) is 18.5 Å². The molecule has 0 unspecified atom stereocenters. The highest BCUT2D eigenvalue weighted by atomic mass is 32.2. The van der Waals surface area contributed by atoms with E-state index in [1.165, 1.54) is 23.5 Å². The fourth-order valence-electron chi connectivity index (χ4n) is 2.12. The van der Waals surface area contributed by atoms with Crippen LogP contribution in [0.5, 0.6) is 0 Å². The number of amides is 2. The Kier molecular flexibility index (Phi) is 6.44. The number of anilines is 2. The van der Waals surface area contributed by atoms with Crippen LogP contribution in [-0.2, 0) is 9.59 Å². The zero-order chi connectivity index (χ0) is 19.1. The van der Waals surface area contributed by atoms with Crippen LogP contribution in [0.4, 0.5) is 11.4 Å². The molecule has 0 atom stereocenters. The van der Waals surface area contributed by atoms with Gasteiger partial charge in [0, 0.05) is 11.4 Å². The number of H-pyrrole nitrogens is 2. The zero-order valence-electron chi connectivity index (χ0n) is 14.2. The minimum atomic E-state index is -0.174. The summed E-state index contributed by atoms with van der Waals surface area (Å²) in [5.74, 6) is 0.0624. The van der Waals surface area contributed by atoms with Crippen LogP contribution in [0.1, 0.15) is 5.56 Å². The van der Waals surface area contributed by atoms with Crippen LogP contribution >= 0.6 is 23.5 Å². The van der Waals surface area contributed by atoms with E-state index in [-0.39, 0.29) is 23.3 Å². The summed E-state index contributed by atoms with van der Waals surface area (Å²) in [5, 5.41) is 27.0. The first-order valence-electron chi connectivity index (χ1n) is 7.77. The first-order valence-corrected chi connectivity index (χ1v) is 9.74. The van der Waals surface area contributed by atoms with E-state index in [0.29, 0.717) is 21.4 Å². The lowest BCUT2D eigenvalue weighted by atomic mass is 10.2. The van der Waals surface area contributed by atoms with Crippen molar-refractivity contribution in [2.45, 2.75) is 17.0 Å². The minimum Gasteiger partial charge on any atom is -0.325 e. The van der Waals surface area contributed by atoms with Gasteiger partial charge < -0.3 is 10.6 Å². The summed E-state index contributed by atoms with van der Waals surface area (Å²) < 4.78 is 0. The van der Waals surface area contributed by atoms with Crippen molar-refractivity contribution in [1.82, 2.24) is 30.8 Å². The van der Waals surface area contributed by atoms with Gasteiger partial charge in [-0.2, -0.15) is 20.6 Å². The summed E-state index contributed by atoms with van der Waals surface area (Å²) in [5.41, 5.74) is 2.14. The number of aromatic amines is 2. The third-order valence-electron chi connectivity index (χ3n) is 3.13. The first-order chi connectivity index (χ1) is 13.1. The van der Waals surface area contributed by atoms with E-state index in [2.05, 4.69) is 41.5 Å². The molecule has 0 spiro atoms. The van der Waals surface area contributed by atoms with Crippen molar-refractivity contribution >= 4 is 46.7 Å². The smallest absolute Gasteiger partial charge is 0.234 e. The molecule has 0 radical (unpaired) electrons. The van der Waals surface area contributed by atoms with Crippen molar-refractivity contribution in [1.29, 1.82) is 0 Å². The van der Waals surface area contributed by atoms with Gasteiger partial charge in [-0.15, -0.1) is 10.2 Å². The van der Waals surface area contributed by atoms with Gasteiger partial charge in [0.1, 0.15) is 10.1 Å². The van der Waals surface area contributed by atoms with Gasteiger partial charge in [0.25, 0.3) is 0 Å². The number of carbonyl (C=O) groups excluding carboxylic acids is 2. The molecule has 3 aromatic rings. The largest absolute Gasteiger partial charge is 0.325 e. The van der Waals surface area contributed by atoms with Gasteiger partial charge in [-0.3, -0.25) is 9.59 Å². The molecule has 10 nitrogen and oxygen atoms in total. The van der Waals surface area contributed by atoms with Gasteiger partial charge >= 0.3 is 0 Å². The number of thioether (sulfide) groups is 2. The maximum absolute atomic E-state index is 12.1. The van der Waals surface area contributed by atoms with Gasteiger partial charge in [-0.25, -0.2) is 0 Å². The van der Waals surface area contributed by atoms with Crippen LogP contribution in [0.25, 0.3) is 0 Å². The monoisotopic (exact) mass is 404 g/mol. The van der Waals surface area contributed by atoms with Crippen LogP contribution in [0.15, 0.2) is 40.6 Å². The van der Waals surface area contributed by atoms with Crippen LogP contribution in [0.3, 0.4) is 0 Å². The van der Waals surface area contributed by atoms with E-state index in [0.717, 1.165) is 5.56 Å². The van der Waals surface area contributed by atoms with Gasteiger partial charge in [-0.05, 0) is 30.7 Å². The van der Waals surface area contributed by atoms with E-state index in [9.17, 15) is 9.59 Å². The van der Waals surface area contributed by atoms with Crippen molar-refractivity contribution in [2.75, 3.05) is 22.1 Å². The van der Waals surface area contributed by atoms with E-state index in [1.807, 2.05) is 19.1 Å². The maximum atomic E-state index is 12.1. The van der Waals surface area contributed by atoms with Gasteiger partial charge in [0.2, 0.25) is 11.8 Å². The second-order valence-corrected chi connectivity index (χ2v) is 7.37. The topological polar surface area (TPSA) is 141 Å². The summed E-state index contributed by atoms with van der Waals surface area (Å²) >= 11 is 2.55. The lowest BCUT2D eigenvalue weighted by molar-refractivity contribution is -0.114. The fourth-order valence-corrected chi connectivity index (χ4v) is 3.29. The quantitative estimate of drug-likeness (QED) is 0.416. The second kappa shape index (κ2) is 9.19. The SMILES string of the molecule is Cc1cc(NC(=O)CSc2cn[nH]n2)cc(NC(=O)CSc2cn[nH]n2)c1. The predicted octanol–water partition coefficient (Wildman–Crippen LogP) is 1.69. The van der Waals surface area contributed by atoms with E-state index in [4.69, 9.17) is 0 Å². The molecule has 2 heterocycles. The molecule has 1 aromatic carbocycles. The lowest BCUT2D eigenvalue weighted by Gasteiger charge is -2.10. The minimum absolute atomic E-state index is 0.174. The molecule has 12 heteroatoms. The van der Waals surface area contributed by atoms with Crippen LogP contribution < -0.4 is 10.6 Å². The number of nitrogens with one attached hydrogen (secondary N) is 4. The number of rotatable bonds is 8. The Hall–Kier alpha value is -2.86. The number of hydrogen-bond donors (Lipinski definition) is 4. The number of benzene rings is 1. The van der Waals surface area contributed by atoms with E-state index >= 15 is 0 Å². The predicted molar refractivity (Wildman–Crippen MR) is 103 cm³/mol. The molecule has 140 valence electrons. The Morgan fingerprint density at radius 3 is 1.78 bits per heavy atom. The normalized spacial score (nSPS) is 10.6. The number of aryl methyl sites for hydroxylation is 1. The number of nitrogens with zero attached hydrogens (tertiary/aromatic N) is 4. The number of carbonyl (C=O) groups is 2. The Labute approximate surface area is 162 Å². The highest BCUT2D eigenvalue weighted by molar-refractivity contribution is 8.00. The van der Waals surface area contributed by atoms with Crippen LogP contribution in [-0.4, -0.2) is 54.1 Å². The molecule has 0 fully saturated rings. The van der Waals surface area contributed by atoms with Gasteiger partial charge in [-0.1, -0.05) is 23.5 Å². The lowest BCUT2D eigenvalue weighted by Crippen LogP contribution is -2.16. The zero-order valence-corrected chi connectivity index (χ0v) is 15.9. The first kappa shape index (κ1) is 18.9. The Morgan fingerprint density at radius 1 is 0.889 bits per heavy atom. The average molecular weight is 404 g/mol. The third-order valence-corrected chi connectivity index (χ3v) is 4.93. The van der Waals surface area contributed by atoms with Crippen molar-refractivity contribution in [3.63, 3.8) is 0 Å². The molecule has 0 bridgehead atoms. The Morgan fingerprint density at radius 2 is 1.37 bits per heavy atom. The molecule has 3 rings (SSSR count). The molecule has 0 aliphatic heterocycles. The fraction of sp³-hybridized carbons (Fsp3) is 0.200. The molecule has 0 saturated carbocycles. The molecule has 27 heavy (non-hydrogen) atoms. The highest BCUT2D eigenvalue weighted by Gasteiger charge is 2.09. The van der Waals surface area contributed by atoms with Crippen LogP contribution in [0.2, 0.25) is 0 Å². The molecule has 0 aliphatic rings. The standard InChI is InChI=1S/C15H16N8O2S2/c1-9-2-10(18-12(24)7-26-14-5-16-22-20-14)4-11(3-9)19-13(25)8-27-15-6-17-23-21-15/h2-6H,7-8H2,1H3,(H,18,24)(H,19,25)(H,16,20,22)(H,17,21,23). The average Bonchev–Trinajstić information content (AvgIpc) is 3.31. The second-order valence-electron chi connectivity index (χ2n) is 5.38. The van der Waals surface area contributed by atoms with Crippen molar-refractivity contribution in [3.8, 4) is 0 Å². The van der Waals surface area contributed by atoms with Crippen molar-refractivity contribution < 1.29 is 9.59 Å². The Bertz CT molecular complexity index is 828. The highest BCUT2D eigenvalue weighted by Crippen LogP contribution is 2.21. The van der Waals surface area contributed by atoms with Gasteiger partial charge in [0.05, 0.1) is 23.9 Å². The molecular formula is C15H16N8O2S2. The summed E-state index contributed by atoms with van der Waals surface area (Å²) in [7, 11) is 0. The third kappa shape index (κ3) is 6.11. The number of hydrogen-bond acceptors (Lipinski definition) is 8. The summed E-state index contributed by atoms with van der Waals surface area (Å²) in [4.78, 5) is 24.2. The van der Waals surface area contributed by atoms with E-state index < -0.39 is 0 Å². The maximum Gasteiger partial charge on any atom is 0.234 e. The summed E-state index contributed by atoms with van der Waals surface area (Å²) in [6, 6.07) is 5.38. The molecule has 0 aliphatic carbocycles. The van der Waals surface area contributed by atoms with Gasteiger partial charge in [0.15, 0.2) is 0 Å². The van der Waals surface area contributed by atoms with Crippen LogP contribution in [0, 0.1) is 6.92 Å². The molecule has 4 N–H and O–H groups in total.